The van der Waals surface area contributed by atoms with Gasteiger partial charge in [-0.3, -0.25) is 0 Å². The maximum atomic E-state index is 4.51. The Morgan fingerprint density at radius 1 is 1.06 bits per heavy atom. The van der Waals surface area contributed by atoms with Crippen LogP contribution in [0.3, 0.4) is 0 Å². The number of aromatic nitrogens is 3. The number of anilines is 1. The maximum Gasteiger partial charge on any atom is 0.172 e. The number of hydrogen-bond donors (Lipinski definition) is 2. The zero-order chi connectivity index (χ0) is 12.4. The number of benzene rings is 1. The summed E-state index contributed by atoms with van der Waals surface area (Å²) in [5.74, 6) is 0.858. The molecule has 0 unspecified atom stereocenters. The lowest BCUT2D eigenvalue weighted by atomic mass is 10.3. The lowest BCUT2D eigenvalue weighted by Gasteiger charge is -2.01. The van der Waals surface area contributed by atoms with Crippen LogP contribution in [-0.4, -0.2) is 22.0 Å². The second-order valence-corrected chi connectivity index (χ2v) is 4.78. The minimum atomic E-state index is 0.858. The Morgan fingerprint density at radius 2 is 1.94 bits per heavy atom. The molecule has 5 heteroatoms. The Kier molecular flexibility index (Phi) is 2.90. The Hall–Kier alpha value is -2.01. The largest absolute Gasteiger partial charge is 0.373 e. The lowest BCUT2D eigenvalue weighted by molar-refractivity contribution is 1.06. The van der Waals surface area contributed by atoms with Crippen molar-refractivity contribution < 1.29 is 0 Å². The van der Waals surface area contributed by atoms with E-state index >= 15 is 0 Å². The first-order valence-corrected chi connectivity index (χ1v) is 6.44. The summed E-state index contributed by atoms with van der Waals surface area (Å²) in [5.41, 5.74) is 2.02. The average Bonchev–Trinajstić information content (AvgIpc) is 2.81. The van der Waals surface area contributed by atoms with Gasteiger partial charge in [0.15, 0.2) is 5.16 Å². The third-order valence-corrected chi connectivity index (χ3v) is 3.37. The van der Waals surface area contributed by atoms with E-state index in [2.05, 4.69) is 20.3 Å². The second kappa shape index (κ2) is 4.70. The van der Waals surface area contributed by atoms with Crippen molar-refractivity contribution in [1.29, 1.82) is 0 Å². The molecule has 0 bridgehead atoms. The van der Waals surface area contributed by atoms with Gasteiger partial charge in [0, 0.05) is 7.05 Å². The van der Waals surface area contributed by atoms with Crippen LogP contribution in [0.5, 0.6) is 0 Å². The number of para-hydroxylation sites is 2. The molecule has 0 atom stereocenters. The van der Waals surface area contributed by atoms with Crippen molar-refractivity contribution in [1.82, 2.24) is 15.0 Å². The molecule has 2 heterocycles. The summed E-state index contributed by atoms with van der Waals surface area (Å²) in [6, 6.07) is 13.9. The van der Waals surface area contributed by atoms with Gasteiger partial charge in [-0.25, -0.2) is 9.97 Å². The summed E-state index contributed by atoms with van der Waals surface area (Å²) >= 11 is 1.53. The molecule has 90 valence electrons. The van der Waals surface area contributed by atoms with Gasteiger partial charge < -0.3 is 10.3 Å². The molecular weight excluding hydrogens is 244 g/mol. The van der Waals surface area contributed by atoms with Crippen LogP contribution in [0.15, 0.2) is 52.6 Å². The molecule has 0 saturated heterocycles. The topological polar surface area (TPSA) is 53.6 Å². The molecule has 0 aliphatic heterocycles. The van der Waals surface area contributed by atoms with Gasteiger partial charge in [0.2, 0.25) is 0 Å². The van der Waals surface area contributed by atoms with Crippen LogP contribution >= 0.6 is 11.8 Å². The van der Waals surface area contributed by atoms with Gasteiger partial charge in [0.1, 0.15) is 10.8 Å². The van der Waals surface area contributed by atoms with Crippen LogP contribution in [0.4, 0.5) is 5.82 Å². The van der Waals surface area contributed by atoms with Crippen LogP contribution in [0.2, 0.25) is 0 Å². The van der Waals surface area contributed by atoms with E-state index in [1.54, 1.807) is 0 Å². The molecule has 18 heavy (non-hydrogen) atoms. The number of aromatic amines is 1. The number of pyridine rings is 1. The lowest BCUT2D eigenvalue weighted by Crippen LogP contribution is -1.92. The standard InChI is InChI=1S/C13H12N4S/c1-14-11-7-4-8-12(17-11)18-13-15-9-5-2-3-6-10(9)16-13/h2-8H,1H3,(H,14,17)(H,15,16). The van der Waals surface area contributed by atoms with E-state index in [0.717, 1.165) is 27.0 Å². The zero-order valence-electron chi connectivity index (χ0n) is 9.84. The minimum Gasteiger partial charge on any atom is -0.373 e. The van der Waals surface area contributed by atoms with Crippen molar-refractivity contribution >= 4 is 28.6 Å². The van der Waals surface area contributed by atoms with Crippen molar-refractivity contribution in [2.24, 2.45) is 0 Å². The third kappa shape index (κ3) is 2.17. The molecule has 0 radical (unpaired) electrons. The number of nitrogens with zero attached hydrogens (tertiary/aromatic N) is 2. The van der Waals surface area contributed by atoms with E-state index in [1.165, 1.54) is 11.8 Å². The number of hydrogen-bond acceptors (Lipinski definition) is 4. The van der Waals surface area contributed by atoms with Gasteiger partial charge in [-0.05, 0) is 36.0 Å². The van der Waals surface area contributed by atoms with Gasteiger partial charge in [-0.15, -0.1) is 0 Å². The fourth-order valence-corrected chi connectivity index (χ4v) is 2.48. The van der Waals surface area contributed by atoms with Gasteiger partial charge in [0.25, 0.3) is 0 Å². The molecule has 4 nitrogen and oxygen atoms in total. The molecule has 0 aliphatic rings. The molecule has 3 aromatic rings. The summed E-state index contributed by atoms with van der Waals surface area (Å²) in [6.07, 6.45) is 0. The third-order valence-electron chi connectivity index (χ3n) is 2.55. The average molecular weight is 256 g/mol. The van der Waals surface area contributed by atoms with E-state index < -0.39 is 0 Å². The molecule has 0 fully saturated rings. The first kappa shape index (κ1) is 11.1. The molecule has 1 aromatic carbocycles. The van der Waals surface area contributed by atoms with Crippen LogP contribution in [0.1, 0.15) is 0 Å². The minimum absolute atomic E-state index is 0.858. The zero-order valence-corrected chi connectivity index (χ0v) is 10.7. The van der Waals surface area contributed by atoms with Gasteiger partial charge >= 0.3 is 0 Å². The maximum absolute atomic E-state index is 4.51. The fraction of sp³-hybridized carbons (Fsp3) is 0.0769. The molecule has 0 amide bonds. The van der Waals surface area contributed by atoms with Crippen molar-refractivity contribution in [3.05, 3.63) is 42.5 Å². The summed E-state index contributed by atoms with van der Waals surface area (Å²) < 4.78 is 0. The fourth-order valence-electron chi connectivity index (χ4n) is 1.69. The van der Waals surface area contributed by atoms with Gasteiger partial charge in [0.05, 0.1) is 11.0 Å². The Morgan fingerprint density at radius 3 is 2.78 bits per heavy atom. The van der Waals surface area contributed by atoms with Crippen molar-refractivity contribution in [3.63, 3.8) is 0 Å². The number of fused-ring (bicyclic) bond motifs is 1. The highest BCUT2D eigenvalue weighted by Crippen LogP contribution is 2.26. The van der Waals surface area contributed by atoms with Gasteiger partial charge in [-0.1, -0.05) is 18.2 Å². The summed E-state index contributed by atoms with van der Waals surface area (Å²) in [4.78, 5) is 12.2. The first-order chi connectivity index (χ1) is 8.85. The Balaban J connectivity index is 1.91. The summed E-state index contributed by atoms with van der Waals surface area (Å²) in [7, 11) is 1.86. The molecule has 3 rings (SSSR count). The predicted molar refractivity (Wildman–Crippen MR) is 74.0 cm³/mol. The normalized spacial score (nSPS) is 10.7. The highest BCUT2D eigenvalue weighted by molar-refractivity contribution is 7.99. The smallest absolute Gasteiger partial charge is 0.172 e. The van der Waals surface area contributed by atoms with Crippen molar-refractivity contribution in [2.45, 2.75) is 10.2 Å². The number of imidazole rings is 1. The van der Waals surface area contributed by atoms with E-state index in [4.69, 9.17) is 0 Å². The number of rotatable bonds is 3. The summed E-state index contributed by atoms with van der Waals surface area (Å²) in [6.45, 7) is 0. The second-order valence-electron chi connectivity index (χ2n) is 3.77. The van der Waals surface area contributed by atoms with Crippen LogP contribution in [-0.2, 0) is 0 Å². The van der Waals surface area contributed by atoms with E-state index in [9.17, 15) is 0 Å². The Labute approximate surface area is 109 Å². The molecule has 0 aliphatic carbocycles. The van der Waals surface area contributed by atoms with Crippen LogP contribution < -0.4 is 5.32 Å². The number of H-pyrrole nitrogens is 1. The van der Waals surface area contributed by atoms with E-state index in [1.807, 2.05) is 49.5 Å². The van der Waals surface area contributed by atoms with E-state index in [-0.39, 0.29) is 0 Å². The summed E-state index contributed by atoms with van der Waals surface area (Å²) in [5, 5.41) is 4.80. The predicted octanol–water partition coefficient (Wildman–Crippen LogP) is 3.15. The highest BCUT2D eigenvalue weighted by Gasteiger charge is 2.05. The van der Waals surface area contributed by atoms with Gasteiger partial charge in [-0.2, -0.15) is 0 Å². The Bertz CT molecular complexity index is 644. The van der Waals surface area contributed by atoms with Crippen LogP contribution in [0.25, 0.3) is 11.0 Å². The number of nitrogens with one attached hydrogen (secondary N) is 2. The van der Waals surface area contributed by atoms with Crippen LogP contribution in [0, 0.1) is 0 Å². The quantitative estimate of drug-likeness (QED) is 0.756. The van der Waals surface area contributed by atoms with Crippen molar-refractivity contribution in [3.8, 4) is 0 Å². The molecule has 0 spiro atoms. The SMILES string of the molecule is CNc1cccc(Sc2nc3ccccc3[nH]2)n1. The molecule has 2 N–H and O–H groups in total. The first-order valence-electron chi connectivity index (χ1n) is 5.62. The van der Waals surface area contributed by atoms with Crippen molar-refractivity contribution in [2.75, 3.05) is 12.4 Å². The molecular formula is C13H12N4S. The monoisotopic (exact) mass is 256 g/mol. The highest BCUT2D eigenvalue weighted by atomic mass is 32.2. The molecule has 0 saturated carbocycles. The van der Waals surface area contributed by atoms with E-state index in [0.29, 0.717) is 0 Å². The molecule has 2 aromatic heterocycles.